The van der Waals surface area contributed by atoms with E-state index in [-0.39, 0.29) is 0 Å². The van der Waals surface area contributed by atoms with Crippen LogP contribution in [0.4, 0.5) is 11.5 Å². The summed E-state index contributed by atoms with van der Waals surface area (Å²) in [7, 11) is 1.96. The maximum atomic E-state index is 4.67. The first-order valence-electron chi connectivity index (χ1n) is 8.11. The van der Waals surface area contributed by atoms with Crippen molar-refractivity contribution in [1.82, 2.24) is 19.7 Å². The summed E-state index contributed by atoms with van der Waals surface area (Å²) < 4.78 is 1.86. The van der Waals surface area contributed by atoms with Crippen LogP contribution >= 0.6 is 0 Å². The molecule has 1 atom stereocenters. The number of nitrogens with one attached hydrogen (secondary N) is 1. The average Bonchev–Trinajstić information content (AvgIpc) is 3.30. The van der Waals surface area contributed by atoms with Gasteiger partial charge in [0, 0.05) is 44.5 Å². The number of aryl methyl sites for hydroxylation is 1. The Morgan fingerprint density at radius 3 is 2.95 bits per heavy atom. The highest BCUT2D eigenvalue weighted by Crippen LogP contribution is 2.38. The van der Waals surface area contributed by atoms with Crippen molar-refractivity contribution in [2.24, 2.45) is 7.05 Å². The largest absolute Gasteiger partial charge is 0.367 e. The lowest BCUT2D eigenvalue weighted by Gasteiger charge is -2.34. The van der Waals surface area contributed by atoms with Crippen LogP contribution in [-0.4, -0.2) is 38.9 Å². The summed E-state index contributed by atoms with van der Waals surface area (Å²) in [5, 5.41) is 7.86. The van der Waals surface area contributed by atoms with Crippen LogP contribution in [0.3, 0.4) is 0 Å². The third kappa shape index (κ3) is 2.91. The Morgan fingerprint density at radius 1 is 1.27 bits per heavy atom. The van der Waals surface area contributed by atoms with Crippen molar-refractivity contribution in [3.05, 3.63) is 30.5 Å². The van der Waals surface area contributed by atoms with Crippen molar-refractivity contribution in [3.8, 4) is 0 Å². The number of aromatic nitrogens is 4. The van der Waals surface area contributed by atoms with Crippen LogP contribution in [0.2, 0.25) is 0 Å². The summed E-state index contributed by atoms with van der Waals surface area (Å²) in [4.78, 5) is 11.5. The molecule has 4 rings (SSSR count). The number of nitrogens with zero attached hydrogens (tertiary/aromatic N) is 5. The predicted octanol–water partition coefficient (Wildman–Crippen LogP) is 2.17. The Labute approximate surface area is 130 Å². The van der Waals surface area contributed by atoms with Crippen LogP contribution < -0.4 is 10.2 Å². The van der Waals surface area contributed by atoms with Crippen molar-refractivity contribution >= 4 is 11.5 Å². The zero-order chi connectivity index (χ0) is 14.9. The number of piperidine rings is 1. The van der Waals surface area contributed by atoms with E-state index in [1.165, 1.54) is 31.4 Å². The molecule has 1 saturated heterocycles. The highest BCUT2D eigenvalue weighted by Gasteiger charge is 2.27. The molecule has 22 heavy (non-hydrogen) atoms. The lowest BCUT2D eigenvalue weighted by molar-refractivity contribution is 0.528. The summed E-state index contributed by atoms with van der Waals surface area (Å²) in [5.74, 6) is 2.57. The number of anilines is 2. The lowest BCUT2D eigenvalue weighted by Crippen LogP contribution is -2.42. The first-order valence-corrected chi connectivity index (χ1v) is 8.11. The molecule has 0 amide bonds. The van der Waals surface area contributed by atoms with Crippen molar-refractivity contribution in [3.63, 3.8) is 0 Å². The van der Waals surface area contributed by atoms with E-state index in [4.69, 9.17) is 0 Å². The van der Waals surface area contributed by atoms with Crippen LogP contribution in [0, 0.1) is 0 Å². The van der Waals surface area contributed by atoms with E-state index in [1.807, 2.05) is 30.2 Å². The predicted molar refractivity (Wildman–Crippen MR) is 86.1 cm³/mol. The van der Waals surface area contributed by atoms with Crippen LogP contribution in [-0.2, 0) is 7.05 Å². The molecule has 116 valence electrons. The fourth-order valence-corrected chi connectivity index (χ4v) is 3.10. The first kappa shape index (κ1) is 13.5. The van der Waals surface area contributed by atoms with Crippen molar-refractivity contribution in [2.45, 2.75) is 37.6 Å². The molecular formula is C16H22N6. The van der Waals surface area contributed by atoms with E-state index in [1.54, 1.807) is 0 Å². The van der Waals surface area contributed by atoms with Gasteiger partial charge in [-0.2, -0.15) is 5.10 Å². The molecule has 1 N–H and O–H groups in total. The molecule has 6 heteroatoms. The molecule has 2 aromatic heterocycles. The third-order valence-corrected chi connectivity index (χ3v) is 4.45. The summed E-state index contributed by atoms with van der Waals surface area (Å²) in [6, 6.07) is 2.41. The van der Waals surface area contributed by atoms with E-state index in [0.717, 1.165) is 24.7 Å². The maximum absolute atomic E-state index is 4.67. The standard InChI is InChI=1S/C16H22N6/c1-21-11-14(9-18-21)22-8-2-3-13(10-22)19-15-6-7-17-16(20-15)12-4-5-12/h6-7,9,11-13H,2-5,8,10H2,1H3,(H,17,19,20). The SMILES string of the molecule is Cn1cc(N2CCCC(Nc3ccnc(C4CC4)n3)C2)cn1. The molecular weight excluding hydrogens is 276 g/mol. The van der Waals surface area contributed by atoms with E-state index in [0.29, 0.717) is 12.0 Å². The van der Waals surface area contributed by atoms with Gasteiger partial charge in [-0.3, -0.25) is 4.68 Å². The second kappa shape index (κ2) is 5.59. The molecule has 1 aliphatic heterocycles. The van der Waals surface area contributed by atoms with Gasteiger partial charge in [0.05, 0.1) is 11.9 Å². The van der Waals surface area contributed by atoms with Gasteiger partial charge < -0.3 is 10.2 Å². The zero-order valence-electron chi connectivity index (χ0n) is 12.9. The second-order valence-corrected chi connectivity index (χ2v) is 6.38. The molecule has 6 nitrogen and oxygen atoms in total. The summed E-state index contributed by atoms with van der Waals surface area (Å²) in [5.41, 5.74) is 1.20. The minimum absolute atomic E-state index is 0.427. The highest BCUT2D eigenvalue weighted by molar-refractivity contribution is 5.44. The molecule has 0 radical (unpaired) electrons. The van der Waals surface area contributed by atoms with Crippen molar-refractivity contribution in [1.29, 1.82) is 0 Å². The minimum Gasteiger partial charge on any atom is -0.367 e. The number of hydrogen-bond donors (Lipinski definition) is 1. The van der Waals surface area contributed by atoms with Crippen molar-refractivity contribution < 1.29 is 0 Å². The van der Waals surface area contributed by atoms with Crippen LogP contribution in [0.25, 0.3) is 0 Å². The highest BCUT2D eigenvalue weighted by atomic mass is 15.3. The van der Waals surface area contributed by atoms with E-state index in [9.17, 15) is 0 Å². The Kier molecular flexibility index (Phi) is 3.44. The zero-order valence-corrected chi connectivity index (χ0v) is 12.9. The third-order valence-electron chi connectivity index (χ3n) is 4.45. The van der Waals surface area contributed by atoms with Gasteiger partial charge in [0.25, 0.3) is 0 Å². The monoisotopic (exact) mass is 298 g/mol. The quantitative estimate of drug-likeness (QED) is 0.937. The fourth-order valence-electron chi connectivity index (χ4n) is 3.10. The molecule has 1 saturated carbocycles. The molecule has 2 aromatic rings. The van der Waals surface area contributed by atoms with Gasteiger partial charge in [-0.15, -0.1) is 0 Å². The normalized spacial score (nSPS) is 21.9. The molecule has 0 bridgehead atoms. The number of rotatable bonds is 4. The fraction of sp³-hybridized carbons (Fsp3) is 0.562. The Balaban J connectivity index is 1.43. The molecule has 1 unspecified atom stereocenters. The van der Waals surface area contributed by atoms with Crippen LogP contribution in [0.15, 0.2) is 24.7 Å². The van der Waals surface area contributed by atoms with Gasteiger partial charge in [-0.05, 0) is 31.7 Å². The smallest absolute Gasteiger partial charge is 0.133 e. The second-order valence-electron chi connectivity index (χ2n) is 6.38. The summed E-state index contributed by atoms with van der Waals surface area (Å²) >= 11 is 0. The van der Waals surface area contributed by atoms with Gasteiger partial charge in [-0.1, -0.05) is 0 Å². The van der Waals surface area contributed by atoms with Gasteiger partial charge >= 0.3 is 0 Å². The lowest BCUT2D eigenvalue weighted by atomic mass is 10.1. The molecule has 3 heterocycles. The van der Waals surface area contributed by atoms with Gasteiger partial charge in [0.2, 0.25) is 0 Å². The minimum atomic E-state index is 0.427. The average molecular weight is 298 g/mol. The van der Waals surface area contributed by atoms with E-state index >= 15 is 0 Å². The Bertz CT molecular complexity index is 648. The molecule has 0 aromatic carbocycles. The van der Waals surface area contributed by atoms with Crippen LogP contribution in [0.5, 0.6) is 0 Å². The Hall–Kier alpha value is -2.11. The summed E-state index contributed by atoms with van der Waals surface area (Å²) in [6.45, 7) is 2.09. The summed E-state index contributed by atoms with van der Waals surface area (Å²) in [6.07, 6.45) is 10.7. The molecule has 2 aliphatic rings. The van der Waals surface area contributed by atoms with E-state index < -0.39 is 0 Å². The van der Waals surface area contributed by atoms with E-state index in [2.05, 4.69) is 31.5 Å². The maximum Gasteiger partial charge on any atom is 0.133 e. The molecule has 0 spiro atoms. The van der Waals surface area contributed by atoms with Gasteiger partial charge in [0.1, 0.15) is 11.6 Å². The molecule has 1 aliphatic carbocycles. The Morgan fingerprint density at radius 2 is 2.18 bits per heavy atom. The molecule has 2 fully saturated rings. The van der Waals surface area contributed by atoms with Gasteiger partial charge in [-0.25, -0.2) is 9.97 Å². The first-order chi connectivity index (χ1) is 10.8. The van der Waals surface area contributed by atoms with Crippen molar-refractivity contribution in [2.75, 3.05) is 23.3 Å². The van der Waals surface area contributed by atoms with Crippen LogP contribution in [0.1, 0.15) is 37.4 Å². The topological polar surface area (TPSA) is 58.9 Å². The van der Waals surface area contributed by atoms with Gasteiger partial charge in [0.15, 0.2) is 0 Å². The number of hydrogen-bond acceptors (Lipinski definition) is 5.